The Hall–Kier alpha value is -4.80. The number of fused-ring (bicyclic) bond motifs is 1. The van der Waals surface area contributed by atoms with Gasteiger partial charge in [0, 0.05) is 11.1 Å². The minimum atomic E-state index is -0.816. The fraction of sp³-hybridized carbons (Fsp3) is 0.139. The lowest BCUT2D eigenvalue weighted by Gasteiger charge is -2.26. The van der Waals surface area contributed by atoms with Crippen molar-refractivity contribution in [3.63, 3.8) is 0 Å². The van der Waals surface area contributed by atoms with Crippen molar-refractivity contribution in [2.75, 3.05) is 13.7 Å². The molecule has 5 aromatic rings. The van der Waals surface area contributed by atoms with Crippen LogP contribution in [0, 0.1) is 5.82 Å². The van der Waals surface area contributed by atoms with Crippen LogP contribution in [-0.4, -0.2) is 24.3 Å². The summed E-state index contributed by atoms with van der Waals surface area (Å²) in [4.78, 5) is 33.1. The van der Waals surface area contributed by atoms with Crippen molar-refractivity contribution in [2.24, 2.45) is 4.99 Å². The second-order valence-electron chi connectivity index (χ2n) is 10.3. The van der Waals surface area contributed by atoms with Gasteiger partial charge in [-0.2, -0.15) is 0 Å². The summed E-state index contributed by atoms with van der Waals surface area (Å²) >= 11 is 4.78. The number of nitrogens with zero attached hydrogens (tertiary/aromatic N) is 2. The molecule has 46 heavy (non-hydrogen) atoms. The highest BCUT2D eigenvalue weighted by Crippen LogP contribution is 2.36. The molecule has 7 nitrogen and oxygen atoms in total. The van der Waals surface area contributed by atoms with Crippen molar-refractivity contribution < 1.29 is 23.4 Å². The fourth-order valence-corrected chi connectivity index (χ4v) is 6.73. The first-order valence-corrected chi connectivity index (χ1v) is 16.1. The van der Waals surface area contributed by atoms with Crippen LogP contribution in [0.3, 0.4) is 0 Å². The monoisotopic (exact) mass is 698 g/mol. The lowest BCUT2D eigenvalue weighted by atomic mass is 9.93. The van der Waals surface area contributed by atoms with E-state index in [-0.39, 0.29) is 30.2 Å². The molecular weight excluding hydrogens is 671 g/mol. The number of hydrogen-bond acceptors (Lipinski definition) is 7. The topological polar surface area (TPSA) is 79.1 Å². The van der Waals surface area contributed by atoms with Gasteiger partial charge in [0.05, 0.1) is 40.0 Å². The van der Waals surface area contributed by atoms with Gasteiger partial charge in [-0.15, -0.1) is 0 Å². The molecule has 0 spiro atoms. The van der Waals surface area contributed by atoms with E-state index in [0.717, 1.165) is 11.1 Å². The molecule has 232 valence electrons. The van der Waals surface area contributed by atoms with E-state index in [2.05, 4.69) is 15.9 Å². The molecule has 4 aromatic carbocycles. The Labute approximate surface area is 276 Å². The Kier molecular flexibility index (Phi) is 9.28. The summed E-state index contributed by atoms with van der Waals surface area (Å²) in [6.07, 6.45) is 1.77. The summed E-state index contributed by atoms with van der Waals surface area (Å²) < 4.78 is 33.6. The molecule has 6 rings (SSSR count). The number of halogens is 2. The van der Waals surface area contributed by atoms with E-state index < -0.39 is 12.0 Å². The molecule has 0 saturated carbocycles. The van der Waals surface area contributed by atoms with Gasteiger partial charge in [-0.3, -0.25) is 9.36 Å². The van der Waals surface area contributed by atoms with Crippen LogP contribution in [0.5, 0.6) is 11.5 Å². The minimum Gasteiger partial charge on any atom is -0.497 e. The Morgan fingerprint density at radius 1 is 1.02 bits per heavy atom. The van der Waals surface area contributed by atoms with E-state index in [1.807, 2.05) is 60.7 Å². The molecule has 0 aliphatic carbocycles. The van der Waals surface area contributed by atoms with Gasteiger partial charge in [0.25, 0.3) is 5.56 Å². The molecule has 1 aliphatic rings. The SMILES string of the molecule is CCOC(=O)C1=C(c2ccccc2)N=c2s/c(=C\c3ccc(OCc4ccccc4F)c(Br)c3)c(=O)n2[C@@H]1c1cccc(OC)c1. The molecule has 1 atom stereocenters. The van der Waals surface area contributed by atoms with Crippen LogP contribution in [0.15, 0.2) is 117 Å². The second kappa shape index (κ2) is 13.7. The average Bonchev–Trinajstić information content (AvgIpc) is 3.38. The number of methoxy groups -OCH3 is 1. The van der Waals surface area contributed by atoms with E-state index in [1.165, 1.54) is 17.4 Å². The zero-order chi connectivity index (χ0) is 32.2. The van der Waals surface area contributed by atoms with Crippen molar-refractivity contribution in [1.29, 1.82) is 0 Å². The predicted molar refractivity (Wildman–Crippen MR) is 179 cm³/mol. The Morgan fingerprint density at radius 2 is 1.80 bits per heavy atom. The third kappa shape index (κ3) is 6.31. The lowest BCUT2D eigenvalue weighted by Crippen LogP contribution is -2.40. The summed E-state index contributed by atoms with van der Waals surface area (Å²) in [5.41, 5.74) is 2.99. The van der Waals surface area contributed by atoms with Crippen molar-refractivity contribution in [3.05, 3.63) is 155 Å². The highest BCUT2D eigenvalue weighted by atomic mass is 79.9. The molecule has 0 radical (unpaired) electrons. The van der Waals surface area contributed by atoms with Crippen LogP contribution in [0.25, 0.3) is 11.8 Å². The summed E-state index contributed by atoms with van der Waals surface area (Å²) in [7, 11) is 1.57. The Bertz CT molecular complexity index is 2140. The average molecular weight is 700 g/mol. The smallest absolute Gasteiger partial charge is 0.338 e. The second-order valence-corrected chi connectivity index (χ2v) is 12.1. The molecule has 0 saturated heterocycles. The number of ether oxygens (including phenoxy) is 3. The molecule has 1 aliphatic heterocycles. The molecule has 0 bridgehead atoms. The lowest BCUT2D eigenvalue weighted by molar-refractivity contribution is -0.138. The molecule has 10 heteroatoms. The van der Waals surface area contributed by atoms with Crippen molar-refractivity contribution in [3.8, 4) is 11.5 Å². The van der Waals surface area contributed by atoms with Crippen LogP contribution < -0.4 is 24.4 Å². The van der Waals surface area contributed by atoms with Gasteiger partial charge in [0.2, 0.25) is 0 Å². The first-order chi connectivity index (χ1) is 22.4. The largest absolute Gasteiger partial charge is 0.497 e. The quantitative estimate of drug-likeness (QED) is 0.166. The van der Waals surface area contributed by atoms with Crippen molar-refractivity contribution in [1.82, 2.24) is 4.57 Å². The number of esters is 1. The zero-order valence-electron chi connectivity index (χ0n) is 24.9. The van der Waals surface area contributed by atoms with Crippen molar-refractivity contribution >= 4 is 45.0 Å². The van der Waals surface area contributed by atoms with Gasteiger partial charge >= 0.3 is 5.97 Å². The van der Waals surface area contributed by atoms with E-state index in [0.29, 0.717) is 42.1 Å². The maximum atomic E-state index is 14.2. The van der Waals surface area contributed by atoms with Gasteiger partial charge in [0.15, 0.2) is 4.80 Å². The summed E-state index contributed by atoms with van der Waals surface area (Å²) in [5.74, 6) is 0.233. The number of rotatable bonds is 9. The molecular formula is C36H28BrFN2O5S. The number of carbonyl (C=O) groups excluding carboxylic acids is 1. The molecule has 2 heterocycles. The van der Waals surface area contributed by atoms with Gasteiger partial charge in [-0.25, -0.2) is 14.2 Å². The summed E-state index contributed by atoms with van der Waals surface area (Å²) in [6.45, 7) is 1.97. The first-order valence-electron chi connectivity index (χ1n) is 14.5. The number of thiazole rings is 1. The molecule has 0 fully saturated rings. The van der Waals surface area contributed by atoms with E-state index in [4.69, 9.17) is 19.2 Å². The van der Waals surface area contributed by atoms with Crippen LogP contribution in [0.1, 0.15) is 35.2 Å². The summed E-state index contributed by atoms with van der Waals surface area (Å²) in [5, 5.41) is 0. The van der Waals surface area contributed by atoms with E-state index in [1.54, 1.807) is 55.0 Å². The van der Waals surface area contributed by atoms with E-state index >= 15 is 0 Å². The highest BCUT2D eigenvalue weighted by molar-refractivity contribution is 9.10. The first kappa shape index (κ1) is 31.2. The van der Waals surface area contributed by atoms with Crippen LogP contribution >= 0.6 is 27.3 Å². The molecule has 1 aromatic heterocycles. The summed E-state index contributed by atoms with van der Waals surface area (Å²) in [6, 6.07) is 27.7. The van der Waals surface area contributed by atoms with Crippen LogP contribution in [0.4, 0.5) is 4.39 Å². The van der Waals surface area contributed by atoms with Gasteiger partial charge in [-0.05, 0) is 70.4 Å². The van der Waals surface area contributed by atoms with Gasteiger partial charge < -0.3 is 14.2 Å². The van der Waals surface area contributed by atoms with Crippen LogP contribution in [0.2, 0.25) is 0 Å². The van der Waals surface area contributed by atoms with Gasteiger partial charge in [-0.1, -0.05) is 78.1 Å². The Balaban J connectivity index is 1.47. The number of aromatic nitrogens is 1. The maximum absolute atomic E-state index is 14.2. The minimum absolute atomic E-state index is 0.0695. The predicted octanol–water partition coefficient (Wildman–Crippen LogP) is 6.42. The van der Waals surface area contributed by atoms with E-state index in [9.17, 15) is 14.0 Å². The Morgan fingerprint density at radius 3 is 2.54 bits per heavy atom. The normalized spacial score (nSPS) is 14.4. The molecule has 0 unspecified atom stereocenters. The fourth-order valence-electron chi connectivity index (χ4n) is 5.21. The number of benzene rings is 4. The highest BCUT2D eigenvalue weighted by Gasteiger charge is 2.35. The van der Waals surface area contributed by atoms with Crippen LogP contribution in [-0.2, 0) is 16.1 Å². The number of carbonyl (C=O) groups is 1. The van der Waals surface area contributed by atoms with Gasteiger partial charge in [0.1, 0.15) is 23.9 Å². The third-order valence-electron chi connectivity index (χ3n) is 7.38. The maximum Gasteiger partial charge on any atom is 0.338 e. The van der Waals surface area contributed by atoms with Crippen molar-refractivity contribution in [2.45, 2.75) is 19.6 Å². The third-order valence-corrected chi connectivity index (χ3v) is 8.98. The zero-order valence-corrected chi connectivity index (χ0v) is 27.3. The standard InChI is InChI=1S/C36H28BrFN2O5S/c1-3-44-35(42)31-32(23-10-5-4-6-11-23)39-36-40(33(31)24-13-9-14-26(20-24)43-2)34(41)30(46-36)19-22-16-17-29(27(37)18-22)45-21-25-12-7-8-15-28(25)38/h4-20,33H,3,21H2,1-2H3/b30-19-/t33-/m1/s1. The molecule has 0 N–H and O–H groups in total. The molecule has 0 amide bonds. The number of hydrogen-bond donors (Lipinski definition) is 0.